The van der Waals surface area contributed by atoms with Gasteiger partial charge in [-0.05, 0) is 54.6 Å². The van der Waals surface area contributed by atoms with E-state index in [0.717, 1.165) is 38.9 Å². The minimum atomic E-state index is 0.669. The maximum atomic E-state index is 5.39. The molecule has 0 atom stereocenters. The Labute approximate surface area is 284 Å². The Morgan fingerprint density at radius 2 is 1.00 bits per heavy atom. The normalized spacial score (nSPS) is 12.1. The summed E-state index contributed by atoms with van der Waals surface area (Å²) in [6.45, 7) is 0. The van der Waals surface area contributed by atoms with Crippen molar-refractivity contribution in [2.75, 3.05) is 0 Å². The first kappa shape index (κ1) is 26.7. The number of benzene rings is 7. The molecule has 0 unspecified atom stereocenters. The second-order valence-corrected chi connectivity index (χ2v) is 13.6. The van der Waals surface area contributed by atoms with Crippen LogP contribution in [-0.2, 0) is 0 Å². The quantitative estimate of drug-likeness (QED) is 0.192. The predicted octanol–water partition coefficient (Wildman–Crippen LogP) is 11.9. The Morgan fingerprint density at radius 1 is 0.388 bits per heavy atom. The zero-order valence-electron chi connectivity index (χ0n) is 26.2. The van der Waals surface area contributed by atoms with Gasteiger partial charge in [-0.2, -0.15) is 0 Å². The summed E-state index contributed by atoms with van der Waals surface area (Å²) in [4.78, 5) is 10.7. The van der Waals surface area contributed by atoms with Crippen LogP contribution in [0.25, 0.3) is 97.6 Å². The molecule has 0 spiro atoms. The molecule has 0 aliphatic rings. The molecule has 0 radical (unpaired) electrons. The molecule has 11 rings (SSSR count). The lowest BCUT2D eigenvalue weighted by Crippen LogP contribution is -2.03. The smallest absolute Gasteiger partial charge is 0.235 e. The van der Waals surface area contributed by atoms with Crippen molar-refractivity contribution in [2.24, 2.45) is 0 Å². The van der Waals surface area contributed by atoms with Crippen LogP contribution >= 0.6 is 11.3 Å². The molecular formula is C44H26N4S. The van der Waals surface area contributed by atoms with Crippen LogP contribution in [0.5, 0.6) is 0 Å². The largest absolute Gasteiger partial charge is 0.309 e. The highest BCUT2D eigenvalue weighted by Gasteiger charge is 2.24. The molecule has 0 aliphatic heterocycles. The highest BCUT2D eigenvalue weighted by Crippen LogP contribution is 2.47. The van der Waals surface area contributed by atoms with Crippen LogP contribution in [0.3, 0.4) is 0 Å². The summed E-state index contributed by atoms with van der Waals surface area (Å²) >= 11 is 1.86. The molecule has 0 N–H and O–H groups in total. The maximum Gasteiger partial charge on any atom is 0.235 e. The zero-order chi connectivity index (χ0) is 32.1. The topological polar surface area (TPSA) is 35.6 Å². The lowest BCUT2D eigenvalue weighted by molar-refractivity contribution is 1.01. The number of fused-ring (bicyclic) bond motifs is 12. The van der Waals surface area contributed by atoms with Gasteiger partial charge in [0.2, 0.25) is 5.95 Å². The lowest BCUT2D eigenvalue weighted by atomic mass is 10.0. The number of para-hydroxylation sites is 3. The first-order valence-electron chi connectivity index (χ1n) is 16.5. The van der Waals surface area contributed by atoms with Gasteiger partial charge in [0, 0.05) is 58.4 Å². The molecule has 0 saturated heterocycles. The van der Waals surface area contributed by atoms with Gasteiger partial charge < -0.3 is 4.57 Å². The fraction of sp³-hybridized carbons (Fsp3) is 0. The van der Waals surface area contributed by atoms with Gasteiger partial charge in [0.15, 0.2) is 0 Å². The highest BCUT2D eigenvalue weighted by molar-refractivity contribution is 7.26. The third kappa shape index (κ3) is 3.73. The van der Waals surface area contributed by atoms with E-state index in [0.29, 0.717) is 5.95 Å². The maximum absolute atomic E-state index is 5.39. The second-order valence-electron chi connectivity index (χ2n) is 12.6. The van der Waals surface area contributed by atoms with Crippen LogP contribution in [0.4, 0.5) is 0 Å². The molecule has 0 saturated carbocycles. The van der Waals surface area contributed by atoms with E-state index in [4.69, 9.17) is 9.97 Å². The van der Waals surface area contributed by atoms with E-state index in [1.54, 1.807) is 0 Å². The SMILES string of the molecule is c1ccc(-c2nc(-n3c4ccc5sc6ccccc6c5c4c4c5c6ccccc6n(-c6ccccc6)c5ccc43)nc3ccccc23)cc1. The third-order valence-electron chi connectivity index (χ3n) is 9.92. The number of thiophene rings is 1. The van der Waals surface area contributed by atoms with Crippen LogP contribution in [0.2, 0.25) is 0 Å². The minimum absolute atomic E-state index is 0.669. The van der Waals surface area contributed by atoms with Gasteiger partial charge in [0.1, 0.15) is 0 Å². The number of rotatable bonds is 3. The van der Waals surface area contributed by atoms with E-state index in [-0.39, 0.29) is 0 Å². The molecule has 0 aliphatic carbocycles. The van der Waals surface area contributed by atoms with Crippen molar-refractivity contribution in [3.8, 4) is 22.9 Å². The zero-order valence-corrected chi connectivity index (χ0v) is 27.0. The van der Waals surface area contributed by atoms with Gasteiger partial charge in [-0.3, -0.25) is 4.57 Å². The molecule has 11 aromatic rings. The number of nitrogens with zero attached hydrogens (tertiary/aromatic N) is 4. The van der Waals surface area contributed by atoms with Gasteiger partial charge in [-0.25, -0.2) is 9.97 Å². The summed E-state index contributed by atoms with van der Waals surface area (Å²) < 4.78 is 7.27. The highest BCUT2D eigenvalue weighted by atomic mass is 32.1. The number of hydrogen-bond donors (Lipinski definition) is 0. The van der Waals surface area contributed by atoms with Gasteiger partial charge in [0.25, 0.3) is 0 Å². The van der Waals surface area contributed by atoms with Crippen LogP contribution in [0, 0.1) is 0 Å². The van der Waals surface area contributed by atoms with Crippen LogP contribution in [-0.4, -0.2) is 19.1 Å². The van der Waals surface area contributed by atoms with Gasteiger partial charge >= 0.3 is 0 Å². The van der Waals surface area contributed by atoms with E-state index in [1.807, 2.05) is 17.4 Å². The molecule has 5 heteroatoms. The molecule has 0 amide bonds. The van der Waals surface area contributed by atoms with Gasteiger partial charge in [-0.1, -0.05) is 103 Å². The Balaban J connectivity index is 1.38. The standard InChI is InChI=1S/C44H26N4S/c1-3-13-27(14-4-1)43-29-17-7-10-20-32(29)45-44(46-43)48-35-24-23-34-39(30-18-8-11-21-33(30)47(34)28-15-5-2-6-16-28)41(35)42-36(48)25-26-38-40(42)31-19-9-12-22-37(31)49-38/h1-26H. The summed E-state index contributed by atoms with van der Waals surface area (Å²) in [6, 6.07) is 56.2. The average Bonchev–Trinajstić information content (AvgIpc) is 3.82. The molecule has 228 valence electrons. The molecular weight excluding hydrogens is 617 g/mol. The number of aromatic nitrogens is 4. The third-order valence-corrected chi connectivity index (χ3v) is 11.1. The van der Waals surface area contributed by atoms with E-state index < -0.39 is 0 Å². The Bertz CT molecular complexity index is 3100. The summed E-state index contributed by atoms with van der Waals surface area (Å²) in [5.74, 6) is 0.669. The van der Waals surface area contributed by atoms with Crippen molar-refractivity contribution in [3.05, 3.63) is 158 Å². The van der Waals surface area contributed by atoms with Crippen molar-refractivity contribution >= 4 is 86.0 Å². The van der Waals surface area contributed by atoms with Gasteiger partial charge in [-0.15, -0.1) is 11.3 Å². The molecule has 0 bridgehead atoms. The predicted molar refractivity (Wildman–Crippen MR) is 207 cm³/mol. The fourth-order valence-corrected chi connectivity index (χ4v) is 9.03. The van der Waals surface area contributed by atoms with Crippen molar-refractivity contribution in [1.82, 2.24) is 19.1 Å². The van der Waals surface area contributed by atoms with Crippen LogP contribution in [0.1, 0.15) is 0 Å². The van der Waals surface area contributed by atoms with E-state index in [2.05, 4.69) is 161 Å². The molecule has 7 aromatic carbocycles. The Hall–Kier alpha value is -6.30. The number of hydrogen-bond acceptors (Lipinski definition) is 3. The minimum Gasteiger partial charge on any atom is -0.309 e. The molecule has 4 aromatic heterocycles. The van der Waals surface area contributed by atoms with Crippen LogP contribution < -0.4 is 0 Å². The monoisotopic (exact) mass is 642 g/mol. The Morgan fingerprint density at radius 3 is 1.82 bits per heavy atom. The van der Waals surface area contributed by atoms with E-state index in [1.165, 1.54) is 52.8 Å². The molecule has 4 nitrogen and oxygen atoms in total. The summed E-state index contributed by atoms with van der Waals surface area (Å²) in [7, 11) is 0. The Kier molecular flexibility index (Phi) is 5.51. The molecule has 49 heavy (non-hydrogen) atoms. The second kappa shape index (κ2) is 10.1. The summed E-state index contributed by atoms with van der Waals surface area (Å²) in [5, 5.41) is 8.54. The van der Waals surface area contributed by atoms with Crippen LogP contribution in [0.15, 0.2) is 158 Å². The van der Waals surface area contributed by atoms with E-state index in [9.17, 15) is 0 Å². The van der Waals surface area contributed by atoms with Gasteiger partial charge in [0.05, 0.1) is 33.3 Å². The summed E-state index contributed by atoms with van der Waals surface area (Å²) in [5.41, 5.74) is 8.63. The fourth-order valence-electron chi connectivity index (χ4n) is 7.91. The van der Waals surface area contributed by atoms with E-state index >= 15 is 0 Å². The first-order valence-corrected chi connectivity index (χ1v) is 17.3. The average molecular weight is 643 g/mol. The lowest BCUT2D eigenvalue weighted by Gasteiger charge is -2.12. The summed E-state index contributed by atoms with van der Waals surface area (Å²) in [6.07, 6.45) is 0. The van der Waals surface area contributed by atoms with Crippen molar-refractivity contribution in [2.45, 2.75) is 0 Å². The molecule has 0 fully saturated rings. The van der Waals surface area contributed by atoms with Crippen molar-refractivity contribution < 1.29 is 0 Å². The first-order chi connectivity index (χ1) is 24.3. The van der Waals surface area contributed by atoms with Crippen molar-refractivity contribution in [1.29, 1.82) is 0 Å². The van der Waals surface area contributed by atoms with Crippen molar-refractivity contribution in [3.63, 3.8) is 0 Å². The molecule has 4 heterocycles.